The van der Waals surface area contributed by atoms with Crippen molar-refractivity contribution in [3.05, 3.63) is 220 Å². The summed E-state index contributed by atoms with van der Waals surface area (Å²) in [5, 5.41) is 4.53. The zero-order valence-corrected chi connectivity index (χ0v) is 38.0. The van der Waals surface area contributed by atoms with Crippen LogP contribution in [-0.4, -0.2) is 40.5 Å². The number of ether oxygens (including phenoxy) is 5. The molecule has 0 amide bonds. The number of nitrogens with zero attached hydrogens (tertiary/aromatic N) is 1. The van der Waals surface area contributed by atoms with Gasteiger partial charge in [-0.15, -0.1) is 0 Å². The fourth-order valence-corrected chi connectivity index (χ4v) is 9.71. The molecule has 3 heterocycles. The van der Waals surface area contributed by atoms with Crippen molar-refractivity contribution in [2.24, 2.45) is 0 Å². The van der Waals surface area contributed by atoms with Crippen LogP contribution in [0.2, 0.25) is 0 Å². The van der Waals surface area contributed by atoms with Crippen LogP contribution in [0.25, 0.3) is 33.7 Å². The van der Waals surface area contributed by atoms with Gasteiger partial charge in [0.25, 0.3) is 0 Å². The van der Waals surface area contributed by atoms with Gasteiger partial charge in [-0.3, -0.25) is 0 Å². The third-order valence-electron chi connectivity index (χ3n) is 13.1. The predicted octanol–water partition coefficient (Wildman–Crippen LogP) is 13.6. The largest absolute Gasteiger partial charge is 0.494 e. The van der Waals surface area contributed by atoms with E-state index in [1.807, 2.05) is 30.4 Å². The zero-order valence-electron chi connectivity index (χ0n) is 38.0. The molecule has 0 radical (unpaired) electrons. The van der Waals surface area contributed by atoms with Crippen LogP contribution < -0.4 is 23.8 Å². The lowest BCUT2D eigenvalue weighted by Crippen LogP contribution is -2.37. The van der Waals surface area contributed by atoms with Gasteiger partial charge in [-0.25, -0.2) is 8.78 Å². The molecule has 1 fully saturated rings. The monoisotopic (exact) mass is 891 g/mol. The molecule has 6 nitrogen and oxygen atoms in total. The first kappa shape index (κ1) is 43.5. The van der Waals surface area contributed by atoms with Crippen molar-refractivity contribution in [2.45, 2.75) is 31.0 Å². The van der Waals surface area contributed by atoms with Crippen LogP contribution in [0.5, 0.6) is 23.0 Å². The Morgan fingerprint density at radius 2 is 1.06 bits per heavy atom. The Balaban J connectivity index is 0.000000162. The molecule has 0 unspecified atom stereocenters. The Bertz CT molecular complexity index is 3070. The summed E-state index contributed by atoms with van der Waals surface area (Å²) >= 11 is 0. The molecule has 8 aromatic carbocycles. The average Bonchev–Trinajstić information content (AvgIpc) is 3.38. The highest BCUT2D eigenvalue weighted by Crippen LogP contribution is 2.49. The summed E-state index contributed by atoms with van der Waals surface area (Å²) in [5.74, 6) is 1.18. The van der Waals surface area contributed by atoms with Crippen LogP contribution in [0.1, 0.15) is 58.7 Å². The fraction of sp³-hybridized carbons (Fsp3) is 0.186. The number of rotatable bonds is 8. The number of methoxy groups -OCH3 is 2. The van der Waals surface area contributed by atoms with E-state index >= 15 is 0 Å². The topological polar surface area (TPSA) is 49.4 Å². The summed E-state index contributed by atoms with van der Waals surface area (Å²) in [6.45, 7) is 7.30. The minimum Gasteiger partial charge on any atom is -0.494 e. The van der Waals surface area contributed by atoms with E-state index in [1.54, 1.807) is 24.3 Å². The third kappa shape index (κ3) is 7.85. The van der Waals surface area contributed by atoms with Crippen molar-refractivity contribution in [2.75, 3.05) is 45.4 Å². The SMILES string of the molecule is CC(C)c1cc2ccccc2c2c1C=CC(c1ccccc1)(c1ccccc1)O2.COc1ccc(C2(c3ccc(OC)c(F)c3)C=Cc3c(cc(N4CCOCC4)c4ccccc34)O2)cc1F. The Morgan fingerprint density at radius 3 is 1.63 bits per heavy atom. The molecule has 11 rings (SSSR count). The number of hydrogen-bond acceptors (Lipinski definition) is 6. The molecule has 0 saturated carbocycles. The van der Waals surface area contributed by atoms with E-state index < -0.39 is 22.8 Å². The van der Waals surface area contributed by atoms with Crippen LogP contribution in [-0.2, 0) is 15.9 Å². The van der Waals surface area contributed by atoms with E-state index in [1.165, 1.54) is 42.9 Å². The van der Waals surface area contributed by atoms with Crippen LogP contribution in [0.15, 0.2) is 170 Å². The van der Waals surface area contributed by atoms with Gasteiger partial charge < -0.3 is 28.6 Å². The van der Waals surface area contributed by atoms with Gasteiger partial charge in [0.15, 0.2) is 34.3 Å². The van der Waals surface area contributed by atoms with Crippen LogP contribution >= 0.6 is 0 Å². The van der Waals surface area contributed by atoms with Crippen molar-refractivity contribution in [3.8, 4) is 23.0 Å². The predicted molar refractivity (Wildman–Crippen MR) is 265 cm³/mol. The number of hydrogen-bond donors (Lipinski definition) is 0. The molecule has 67 heavy (non-hydrogen) atoms. The van der Waals surface area contributed by atoms with Gasteiger partial charge >= 0.3 is 0 Å². The molecule has 0 aromatic heterocycles. The highest BCUT2D eigenvalue weighted by Gasteiger charge is 2.40. The zero-order chi connectivity index (χ0) is 46.1. The first-order chi connectivity index (χ1) is 32.7. The van der Waals surface area contributed by atoms with E-state index in [0.29, 0.717) is 36.0 Å². The minimum atomic E-state index is -1.29. The molecule has 0 aliphatic carbocycles. The summed E-state index contributed by atoms with van der Waals surface area (Å²) in [4.78, 5) is 2.29. The maximum atomic E-state index is 15.0. The fourth-order valence-electron chi connectivity index (χ4n) is 9.71. The second-order valence-corrected chi connectivity index (χ2v) is 17.3. The summed E-state index contributed by atoms with van der Waals surface area (Å²) in [6, 6.07) is 51.4. The molecular formula is C59H51F2NO5. The molecule has 1 saturated heterocycles. The van der Waals surface area contributed by atoms with Gasteiger partial charge in [0.05, 0.1) is 27.4 Å². The van der Waals surface area contributed by atoms with Crippen LogP contribution in [0, 0.1) is 11.6 Å². The number of anilines is 1. The van der Waals surface area contributed by atoms with Crippen molar-refractivity contribution < 1.29 is 32.5 Å². The van der Waals surface area contributed by atoms with Crippen molar-refractivity contribution >= 4 is 39.4 Å². The summed E-state index contributed by atoms with van der Waals surface area (Å²) < 4.78 is 59.7. The van der Waals surface area contributed by atoms with E-state index in [-0.39, 0.29) is 11.5 Å². The maximum absolute atomic E-state index is 15.0. The minimum absolute atomic E-state index is 0.116. The lowest BCUT2D eigenvalue weighted by atomic mass is 9.82. The van der Waals surface area contributed by atoms with Crippen molar-refractivity contribution in [1.82, 2.24) is 0 Å². The van der Waals surface area contributed by atoms with E-state index in [0.717, 1.165) is 57.4 Å². The van der Waals surface area contributed by atoms with Gasteiger partial charge in [0, 0.05) is 69.0 Å². The number of morpholine rings is 1. The van der Waals surface area contributed by atoms with E-state index in [9.17, 15) is 8.78 Å². The number of halogens is 2. The Labute approximate surface area is 390 Å². The van der Waals surface area contributed by atoms with Gasteiger partial charge in [0.1, 0.15) is 11.5 Å². The Kier molecular flexibility index (Phi) is 11.7. The van der Waals surface area contributed by atoms with Gasteiger partial charge in [-0.05, 0) is 64.7 Å². The van der Waals surface area contributed by atoms with Crippen LogP contribution in [0.3, 0.4) is 0 Å². The molecular weight excluding hydrogens is 841 g/mol. The van der Waals surface area contributed by atoms with E-state index in [4.69, 9.17) is 23.7 Å². The Morgan fingerprint density at radius 1 is 0.537 bits per heavy atom. The molecule has 336 valence electrons. The molecule has 0 N–H and O–H groups in total. The third-order valence-corrected chi connectivity index (χ3v) is 13.1. The maximum Gasteiger partial charge on any atom is 0.178 e. The first-order valence-electron chi connectivity index (χ1n) is 22.7. The molecule has 8 aromatic rings. The second-order valence-electron chi connectivity index (χ2n) is 17.3. The lowest BCUT2D eigenvalue weighted by molar-refractivity contribution is 0.122. The molecule has 0 bridgehead atoms. The summed E-state index contributed by atoms with van der Waals surface area (Å²) in [5.41, 5.74) is 5.80. The molecule has 0 atom stereocenters. The molecule has 8 heteroatoms. The smallest absolute Gasteiger partial charge is 0.178 e. The molecule has 3 aliphatic heterocycles. The first-order valence-corrected chi connectivity index (χ1v) is 22.7. The highest BCUT2D eigenvalue weighted by molar-refractivity contribution is 6.02. The van der Waals surface area contributed by atoms with Gasteiger partial charge in [-0.1, -0.05) is 147 Å². The molecule has 3 aliphatic rings. The summed E-state index contributed by atoms with van der Waals surface area (Å²) in [7, 11) is 2.83. The van der Waals surface area contributed by atoms with Gasteiger partial charge in [-0.2, -0.15) is 0 Å². The van der Waals surface area contributed by atoms with Crippen LogP contribution in [0.4, 0.5) is 14.5 Å². The highest BCUT2D eigenvalue weighted by atomic mass is 19.1. The standard InChI is InChI=1S/C31H27F2NO4.C28H24O/c1-35-28-9-7-20(17-25(28)32)31(21-8-10-29(36-2)26(33)18-21)12-11-24-22-5-3-4-6-23(22)27(19-30(24)38-31)34-13-15-37-16-14-34;1-20(2)26-19-21-11-9-10-16-24(21)27-25(26)17-18-28(29-27,22-12-5-3-6-13-22)23-14-7-4-8-15-23/h3-12,17-19H,13-16H2,1-2H3;3-20H,1-2H3. The summed E-state index contributed by atoms with van der Waals surface area (Å²) in [6.07, 6.45) is 8.33. The lowest BCUT2D eigenvalue weighted by Gasteiger charge is -2.38. The Hall–Kier alpha value is -7.42. The number of benzene rings is 8. The second kappa shape index (κ2) is 18.1. The van der Waals surface area contributed by atoms with Gasteiger partial charge in [0.2, 0.25) is 0 Å². The number of fused-ring (bicyclic) bond motifs is 6. The van der Waals surface area contributed by atoms with Crippen molar-refractivity contribution in [3.63, 3.8) is 0 Å². The quantitative estimate of drug-likeness (QED) is 0.151. The van der Waals surface area contributed by atoms with Crippen molar-refractivity contribution in [1.29, 1.82) is 0 Å². The average molecular weight is 892 g/mol. The molecule has 0 spiro atoms. The van der Waals surface area contributed by atoms with E-state index in [2.05, 4.69) is 134 Å². The normalized spacial score (nSPS) is 15.5.